The van der Waals surface area contributed by atoms with Gasteiger partial charge in [-0.1, -0.05) is 6.07 Å². The lowest BCUT2D eigenvalue weighted by molar-refractivity contribution is 0.0945. The largest absolute Gasteiger partial charge is 0.359 e. The number of aryl methyl sites for hydroxylation is 2. The molecule has 6 heteroatoms. The summed E-state index contributed by atoms with van der Waals surface area (Å²) in [5.41, 5.74) is 3.22. The van der Waals surface area contributed by atoms with E-state index in [4.69, 9.17) is 0 Å². The van der Waals surface area contributed by atoms with Crippen molar-refractivity contribution < 1.29 is 4.79 Å². The molecule has 3 N–H and O–H groups in total. The lowest BCUT2D eigenvalue weighted by Gasteiger charge is -2.04. The zero-order chi connectivity index (χ0) is 15.0. The molecule has 2 heterocycles. The third-order valence-corrected chi connectivity index (χ3v) is 3.40. The summed E-state index contributed by atoms with van der Waals surface area (Å²) in [7, 11) is 1.57. The minimum absolute atomic E-state index is 0.232. The number of rotatable bonds is 3. The maximum atomic E-state index is 12.0. The van der Waals surface area contributed by atoms with Crippen molar-refractivity contribution in [1.82, 2.24) is 20.1 Å². The number of hydrogen-bond acceptors (Lipinski definition) is 2. The molecule has 3 aromatic rings. The Morgan fingerprint density at radius 2 is 2.10 bits per heavy atom. The first-order valence-corrected chi connectivity index (χ1v) is 6.65. The van der Waals surface area contributed by atoms with Gasteiger partial charge in [-0.05, 0) is 36.1 Å². The quantitative estimate of drug-likeness (QED) is 0.680. The van der Waals surface area contributed by atoms with Gasteiger partial charge in [0.05, 0.1) is 0 Å². The lowest BCUT2D eigenvalue weighted by Crippen LogP contribution is -2.23. The van der Waals surface area contributed by atoms with Crippen molar-refractivity contribution in [2.75, 3.05) is 0 Å². The van der Waals surface area contributed by atoms with Crippen molar-refractivity contribution in [3.05, 3.63) is 57.6 Å². The number of nitrogens with one attached hydrogen (secondary N) is 3. The average Bonchev–Trinajstić information content (AvgIpc) is 2.98. The average molecular weight is 284 g/mol. The molecule has 3 rings (SSSR count). The molecule has 0 spiro atoms. The van der Waals surface area contributed by atoms with E-state index in [2.05, 4.69) is 21.5 Å². The number of carbonyl (C=O) groups is 1. The first kappa shape index (κ1) is 13.2. The number of H-pyrrole nitrogens is 2. The van der Waals surface area contributed by atoms with Gasteiger partial charge in [0.15, 0.2) is 0 Å². The zero-order valence-corrected chi connectivity index (χ0v) is 11.9. The van der Waals surface area contributed by atoms with Gasteiger partial charge in [0.1, 0.15) is 5.69 Å². The summed E-state index contributed by atoms with van der Waals surface area (Å²) in [5, 5.41) is 6.61. The molecule has 2 aromatic heterocycles. The second-order valence-electron chi connectivity index (χ2n) is 5.12. The highest BCUT2D eigenvalue weighted by Gasteiger charge is 2.09. The van der Waals surface area contributed by atoms with Gasteiger partial charge in [-0.3, -0.25) is 19.4 Å². The van der Waals surface area contributed by atoms with Crippen LogP contribution >= 0.6 is 0 Å². The van der Waals surface area contributed by atoms with Gasteiger partial charge < -0.3 is 10.3 Å². The fraction of sp³-hybridized carbons (Fsp3) is 0.200. The van der Waals surface area contributed by atoms with Crippen LogP contribution < -0.4 is 10.9 Å². The number of carbonyl (C=O) groups excluding carboxylic acids is 1. The molecule has 21 heavy (non-hydrogen) atoms. The lowest BCUT2D eigenvalue weighted by atomic mass is 10.1. The molecule has 108 valence electrons. The van der Waals surface area contributed by atoms with E-state index in [1.54, 1.807) is 7.05 Å². The van der Waals surface area contributed by atoms with E-state index in [-0.39, 0.29) is 17.2 Å². The van der Waals surface area contributed by atoms with Gasteiger partial charge in [-0.15, -0.1) is 0 Å². The smallest absolute Gasteiger partial charge is 0.269 e. The SMILES string of the molecule is Cc1cc2cc(CNC(=O)c3cc(=O)n(C)[nH]3)ccc2[nH]1. The highest BCUT2D eigenvalue weighted by Crippen LogP contribution is 2.16. The molecule has 0 aliphatic rings. The summed E-state index contributed by atoms with van der Waals surface area (Å²) in [5.74, 6) is -0.293. The van der Waals surface area contributed by atoms with Crippen LogP contribution in [-0.4, -0.2) is 20.7 Å². The van der Waals surface area contributed by atoms with E-state index in [0.717, 1.165) is 22.2 Å². The van der Waals surface area contributed by atoms with Gasteiger partial charge in [0.25, 0.3) is 11.5 Å². The molecule has 0 aliphatic carbocycles. The van der Waals surface area contributed by atoms with Crippen molar-refractivity contribution in [2.45, 2.75) is 13.5 Å². The number of hydrogen-bond donors (Lipinski definition) is 3. The second-order valence-corrected chi connectivity index (χ2v) is 5.12. The Hall–Kier alpha value is -2.76. The molecule has 1 amide bonds. The number of amides is 1. The third-order valence-electron chi connectivity index (χ3n) is 3.40. The predicted molar refractivity (Wildman–Crippen MR) is 80.2 cm³/mol. The Labute approximate surface area is 120 Å². The van der Waals surface area contributed by atoms with Crippen LogP contribution in [0, 0.1) is 6.92 Å². The summed E-state index contributed by atoms with van der Waals surface area (Å²) in [4.78, 5) is 26.5. The Kier molecular flexibility index (Phi) is 3.13. The highest BCUT2D eigenvalue weighted by molar-refractivity contribution is 5.92. The molecule has 0 aliphatic heterocycles. The number of benzene rings is 1. The van der Waals surface area contributed by atoms with Gasteiger partial charge >= 0.3 is 0 Å². The van der Waals surface area contributed by atoms with E-state index in [1.807, 2.05) is 25.1 Å². The fourth-order valence-electron chi connectivity index (χ4n) is 2.32. The van der Waals surface area contributed by atoms with Crippen molar-refractivity contribution in [2.24, 2.45) is 7.05 Å². The minimum Gasteiger partial charge on any atom is -0.359 e. The molecule has 0 atom stereocenters. The van der Waals surface area contributed by atoms with Crippen molar-refractivity contribution in [3.8, 4) is 0 Å². The fourth-order valence-corrected chi connectivity index (χ4v) is 2.32. The monoisotopic (exact) mass is 284 g/mol. The molecule has 1 aromatic carbocycles. The zero-order valence-electron chi connectivity index (χ0n) is 11.9. The van der Waals surface area contributed by atoms with Gasteiger partial charge in [-0.25, -0.2) is 0 Å². The molecule has 0 fully saturated rings. The molecule has 0 saturated carbocycles. The molecule has 6 nitrogen and oxygen atoms in total. The third kappa shape index (κ3) is 2.60. The minimum atomic E-state index is -0.293. The number of aromatic nitrogens is 3. The van der Waals surface area contributed by atoms with Crippen LogP contribution in [-0.2, 0) is 13.6 Å². The maximum Gasteiger partial charge on any atom is 0.269 e. The van der Waals surface area contributed by atoms with Crippen LogP contribution in [0.3, 0.4) is 0 Å². The van der Waals surface area contributed by atoms with Gasteiger partial charge in [-0.2, -0.15) is 0 Å². The predicted octanol–water partition coefficient (Wildman–Crippen LogP) is 1.43. The molecule has 0 radical (unpaired) electrons. The molecular formula is C15H16N4O2. The van der Waals surface area contributed by atoms with Crippen molar-refractivity contribution in [3.63, 3.8) is 0 Å². The van der Waals surface area contributed by atoms with E-state index in [9.17, 15) is 9.59 Å². The Morgan fingerprint density at radius 1 is 1.29 bits per heavy atom. The van der Waals surface area contributed by atoms with Crippen molar-refractivity contribution >= 4 is 16.8 Å². The summed E-state index contributed by atoms with van der Waals surface area (Å²) in [6.07, 6.45) is 0. The highest BCUT2D eigenvalue weighted by atomic mass is 16.2. The normalized spacial score (nSPS) is 11.0. The van der Waals surface area contributed by atoms with Crippen LogP contribution in [0.1, 0.15) is 21.7 Å². The summed E-state index contributed by atoms with van der Waals surface area (Å²) in [6.45, 7) is 2.42. The van der Waals surface area contributed by atoms with E-state index >= 15 is 0 Å². The molecule has 0 saturated heterocycles. The summed E-state index contributed by atoms with van der Waals surface area (Å²) < 4.78 is 1.27. The van der Waals surface area contributed by atoms with Crippen LogP contribution in [0.15, 0.2) is 35.1 Å². The standard InChI is InChI=1S/C15H16N4O2/c1-9-5-11-6-10(3-4-12(11)17-9)8-16-15(21)13-7-14(20)19(2)18-13/h3-7,17-18H,8H2,1-2H3,(H,16,21). The first-order chi connectivity index (χ1) is 10.0. The molecule has 0 unspecified atom stereocenters. The van der Waals surface area contributed by atoms with Gasteiger partial charge in [0, 0.05) is 30.9 Å². The Bertz CT molecular complexity index is 869. The summed E-state index contributed by atoms with van der Waals surface area (Å²) in [6, 6.07) is 9.34. The number of aromatic amines is 2. The van der Waals surface area contributed by atoms with Crippen LogP contribution in [0.2, 0.25) is 0 Å². The Morgan fingerprint density at radius 3 is 2.81 bits per heavy atom. The molecule has 0 bridgehead atoms. The van der Waals surface area contributed by atoms with Crippen LogP contribution in [0.25, 0.3) is 10.9 Å². The first-order valence-electron chi connectivity index (χ1n) is 6.65. The number of fused-ring (bicyclic) bond motifs is 1. The second kappa shape index (κ2) is 4.97. The van der Waals surface area contributed by atoms with Gasteiger partial charge in [0.2, 0.25) is 0 Å². The Balaban J connectivity index is 1.73. The van der Waals surface area contributed by atoms with Crippen LogP contribution in [0.5, 0.6) is 0 Å². The topological polar surface area (TPSA) is 82.7 Å². The number of nitrogens with zero attached hydrogens (tertiary/aromatic N) is 1. The van der Waals surface area contributed by atoms with E-state index < -0.39 is 0 Å². The summed E-state index contributed by atoms with van der Waals surface area (Å²) >= 11 is 0. The van der Waals surface area contributed by atoms with Crippen molar-refractivity contribution in [1.29, 1.82) is 0 Å². The molecular weight excluding hydrogens is 268 g/mol. The maximum absolute atomic E-state index is 12.0. The van der Waals surface area contributed by atoms with E-state index in [0.29, 0.717) is 6.54 Å². The van der Waals surface area contributed by atoms with Crippen LogP contribution in [0.4, 0.5) is 0 Å². The van der Waals surface area contributed by atoms with E-state index in [1.165, 1.54) is 10.7 Å².